The largest absolute Gasteiger partial charge is 0.435 e. The number of rotatable bonds is 6. The highest BCUT2D eigenvalue weighted by molar-refractivity contribution is 5.53. The third-order valence-corrected chi connectivity index (χ3v) is 4.01. The van der Waals surface area contributed by atoms with Gasteiger partial charge in [-0.05, 0) is 30.5 Å². The summed E-state index contributed by atoms with van der Waals surface area (Å²) in [4.78, 5) is 15.6. The van der Waals surface area contributed by atoms with Gasteiger partial charge in [-0.15, -0.1) is 0 Å². The smallest absolute Gasteiger partial charge is 0.324 e. The minimum atomic E-state index is -4.65. The number of hydrogen-bond acceptors (Lipinski definition) is 6. The van der Waals surface area contributed by atoms with Gasteiger partial charge in [0, 0.05) is 24.5 Å². The minimum absolute atomic E-state index is 0.00531. The Morgan fingerprint density at radius 1 is 0.968 bits per heavy atom. The van der Waals surface area contributed by atoms with Gasteiger partial charge in [0.1, 0.15) is 11.5 Å². The van der Waals surface area contributed by atoms with Crippen LogP contribution in [0.2, 0.25) is 0 Å². The Balaban J connectivity index is 1.97. The van der Waals surface area contributed by atoms with Crippen molar-refractivity contribution < 1.29 is 26.3 Å². The maximum absolute atomic E-state index is 12.9. The zero-order valence-corrected chi connectivity index (χ0v) is 16.3. The molecule has 13 heteroatoms. The van der Waals surface area contributed by atoms with Crippen molar-refractivity contribution in [3.63, 3.8) is 0 Å². The van der Waals surface area contributed by atoms with Gasteiger partial charge in [0.15, 0.2) is 5.69 Å². The van der Waals surface area contributed by atoms with Gasteiger partial charge >= 0.3 is 12.4 Å². The van der Waals surface area contributed by atoms with Gasteiger partial charge in [0.25, 0.3) is 5.95 Å². The molecule has 0 aliphatic heterocycles. The lowest BCUT2D eigenvalue weighted by atomic mass is 10.1. The van der Waals surface area contributed by atoms with Gasteiger partial charge in [-0.2, -0.15) is 46.4 Å². The average Bonchev–Trinajstić information content (AvgIpc) is 3.16. The number of nitrogens with zero attached hydrogens (tertiary/aromatic N) is 6. The van der Waals surface area contributed by atoms with Crippen LogP contribution in [0.15, 0.2) is 30.6 Å². The zero-order chi connectivity index (χ0) is 22.8. The van der Waals surface area contributed by atoms with E-state index in [9.17, 15) is 26.3 Å². The van der Waals surface area contributed by atoms with Gasteiger partial charge in [-0.3, -0.25) is 4.98 Å². The monoisotopic (exact) mass is 445 g/mol. The van der Waals surface area contributed by atoms with Crippen LogP contribution < -0.4 is 5.32 Å². The van der Waals surface area contributed by atoms with Crippen molar-refractivity contribution in [2.75, 3.05) is 5.32 Å². The second-order valence-electron chi connectivity index (χ2n) is 7.00. The molecular weight excluding hydrogens is 428 g/mol. The van der Waals surface area contributed by atoms with E-state index in [1.807, 2.05) is 13.8 Å². The number of alkyl halides is 6. The van der Waals surface area contributed by atoms with Crippen LogP contribution in [-0.2, 0) is 18.8 Å². The van der Waals surface area contributed by atoms with Gasteiger partial charge in [0.2, 0.25) is 5.95 Å². The fourth-order valence-corrected chi connectivity index (χ4v) is 2.47. The third-order valence-electron chi connectivity index (χ3n) is 4.01. The van der Waals surface area contributed by atoms with E-state index in [0.717, 1.165) is 29.2 Å². The maximum Gasteiger partial charge on any atom is 0.435 e. The van der Waals surface area contributed by atoms with Crippen molar-refractivity contribution in [2.24, 2.45) is 5.92 Å². The van der Waals surface area contributed by atoms with Crippen molar-refractivity contribution in [3.8, 4) is 5.95 Å². The highest BCUT2D eigenvalue weighted by atomic mass is 19.4. The van der Waals surface area contributed by atoms with E-state index in [4.69, 9.17) is 0 Å². The number of aromatic nitrogens is 6. The molecule has 0 aromatic carbocycles. The summed E-state index contributed by atoms with van der Waals surface area (Å²) in [7, 11) is 0. The lowest BCUT2D eigenvalue weighted by Crippen LogP contribution is -2.13. The molecular formula is C18H17F6N7. The first kappa shape index (κ1) is 22.4. The molecule has 0 fully saturated rings. The fourth-order valence-electron chi connectivity index (χ4n) is 2.47. The quantitative estimate of drug-likeness (QED) is 0.548. The molecule has 0 spiro atoms. The number of hydrogen-bond donors (Lipinski definition) is 1. The van der Waals surface area contributed by atoms with Crippen LogP contribution in [0.5, 0.6) is 0 Å². The van der Waals surface area contributed by atoms with E-state index >= 15 is 0 Å². The molecule has 7 nitrogen and oxygen atoms in total. The summed E-state index contributed by atoms with van der Waals surface area (Å²) in [5, 5.41) is 6.06. The Bertz CT molecular complexity index is 1040. The van der Waals surface area contributed by atoms with Crippen LogP contribution in [-0.4, -0.2) is 29.7 Å². The lowest BCUT2D eigenvalue weighted by molar-refractivity contribution is -0.142. The molecule has 0 radical (unpaired) electrons. The van der Waals surface area contributed by atoms with Crippen molar-refractivity contribution in [1.82, 2.24) is 29.7 Å². The van der Waals surface area contributed by atoms with Crippen LogP contribution >= 0.6 is 0 Å². The predicted molar refractivity (Wildman–Crippen MR) is 97.6 cm³/mol. The topological polar surface area (TPSA) is 81.4 Å². The Morgan fingerprint density at radius 2 is 1.68 bits per heavy atom. The third kappa shape index (κ3) is 5.89. The molecule has 0 saturated heterocycles. The first-order chi connectivity index (χ1) is 14.4. The molecule has 3 heterocycles. The first-order valence-electron chi connectivity index (χ1n) is 9.10. The maximum atomic E-state index is 12.9. The summed E-state index contributed by atoms with van der Waals surface area (Å²) in [6.07, 6.45) is -6.21. The van der Waals surface area contributed by atoms with E-state index in [1.54, 1.807) is 0 Å². The molecule has 1 N–H and O–H groups in total. The van der Waals surface area contributed by atoms with Gasteiger partial charge < -0.3 is 5.32 Å². The molecule has 0 aliphatic rings. The van der Waals surface area contributed by atoms with Crippen LogP contribution in [0.1, 0.15) is 37.5 Å². The SMILES string of the molecule is CC(C)CCc1nc(Nc2ccnc(C(F)(F)F)c2)nc(-n2ccc(C(F)(F)F)n2)n1. The van der Waals surface area contributed by atoms with E-state index in [1.165, 1.54) is 6.07 Å². The zero-order valence-electron chi connectivity index (χ0n) is 16.3. The fraction of sp³-hybridized carbons (Fsp3) is 0.389. The number of nitrogens with one attached hydrogen (secondary N) is 1. The standard InChI is InChI=1S/C18H17F6N7/c1-10(2)3-4-14-27-15(26-11-5-7-25-13(9-11)18(22,23)24)29-16(28-14)31-8-6-12(30-31)17(19,20)21/h5-10H,3-4H2,1-2H3,(H,25,26,27,28,29). The Labute approximate surface area is 172 Å². The molecule has 0 saturated carbocycles. The lowest BCUT2D eigenvalue weighted by Gasteiger charge is -2.11. The van der Waals surface area contributed by atoms with Crippen LogP contribution in [0.3, 0.4) is 0 Å². The summed E-state index contributed by atoms with van der Waals surface area (Å²) in [5.74, 6) is 0.229. The molecule has 0 amide bonds. The summed E-state index contributed by atoms with van der Waals surface area (Å²) < 4.78 is 78.1. The molecule has 3 aromatic rings. The molecule has 0 atom stereocenters. The first-order valence-corrected chi connectivity index (χ1v) is 9.10. The number of anilines is 2. The Kier molecular flexibility index (Phi) is 6.13. The predicted octanol–water partition coefficient (Wildman–Crippen LogP) is 4.82. The van der Waals surface area contributed by atoms with E-state index in [-0.39, 0.29) is 23.4 Å². The van der Waals surface area contributed by atoms with Gasteiger partial charge in [-0.1, -0.05) is 13.8 Å². The molecule has 0 bridgehead atoms. The molecule has 0 aliphatic carbocycles. The molecule has 31 heavy (non-hydrogen) atoms. The number of aryl methyl sites for hydroxylation is 1. The molecule has 3 aromatic heterocycles. The van der Waals surface area contributed by atoms with Crippen molar-refractivity contribution in [2.45, 2.75) is 39.0 Å². The van der Waals surface area contributed by atoms with Crippen LogP contribution in [0.4, 0.5) is 38.0 Å². The van der Waals surface area contributed by atoms with Crippen LogP contribution in [0.25, 0.3) is 5.95 Å². The normalized spacial score (nSPS) is 12.4. The minimum Gasteiger partial charge on any atom is -0.324 e. The second kappa shape index (κ2) is 8.47. The average molecular weight is 445 g/mol. The van der Waals surface area contributed by atoms with Gasteiger partial charge in [-0.25, -0.2) is 4.68 Å². The number of pyridine rings is 1. The van der Waals surface area contributed by atoms with E-state index < -0.39 is 23.7 Å². The summed E-state index contributed by atoms with van der Waals surface area (Å²) in [5.41, 5.74) is -2.24. The van der Waals surface area contributed by atoms with Crippen molar-refractivity contribution >= 4 is 11.6 Å². The summed E-state index contributed by atoms with van der Waals surface area (Å²) >= 11 is 0. The molecule has 0 unspecified atom stereocenters. The summed E-state index contributed by atoms with van der Waals surface area (Å²) in [6.45, 7) is 3.94. The highest BCUT2D eigenvalue weighted by Crippen LogP contribution is 2.30. The van der Waals surface area contributed by atoms with E-state index in [2.05, 4.69) is 30.4 Å². The molecule has 3 rings (SSSR count). The van der Waals surface area contributed by atoms with Gasteiger partial charge in [0.05, 0.1) is 0 Å². The Hall–Kier alpha value is -3.25. The van der Waals surface area contributed by atoms with Crippen molar-refractivity contribution in [1.29, 1.82) is 0 Å². The van der Waals surface area contributed by atoms with Crippen LogP contribution in [0, 0.1) is 5.92 Å². The highest BCUT2D eigenvalue weighted by Gasteiger charge is 2.34. The van der Waals surface area contributed by atoms with E-state index in [0.29, 0.717) is 18.8 Å². The Morgan fingerprint density at radius 3 is 2.29 bits per heavy atom. The van der Waals surface area contributed by atoms with Crippen molar-refractivity contribution in [3.05, 3.63) is 47.8 Å². The second-order valence-corrected chi connectivity index (χ2v) is 7.00. The molecule has 166 valence electrons. The number of halogens is 6. The summed E-state index contributed by atoms with van der Waals surface area (Å²) in [6, 6.07) is 2.82.